The Balaban J connectivity index is 1.69. The molecule has 0 spiro atoms. The Morgan fingerprint density at radius 2 is 2.00 bits per heavy atom. The van der Waals surface area contributed by atoms with Gasteiger partial charge in [0.25, 0.3) is 5.91 Å². The zero-order valence-corrected chi connectivity index (χ0v) is 12.3. The van der Waals surface area contributed by atoms with E-state index in [1.54, 1.807) is 19.0 Å². The summed E-state index contributed by atoms with van der Waals surface area (Å²) < 4.78 is 0. The number of para-hydroxylation sites is 1. The van der Waals surface area contributed by atoms with Crippen molar-refractivity contribution < 1.29 is 4.79 Å². The summed E-state index contributed by atoms with van der Waals surface area (Å²) in [6.45, 7) is 2.29. The fourth-order valence-electron chi connectivity index (χ4n) is 2.93. The van der Waals surface area contributed by atoms with Crippen molar-refractivity contribution in [1.82, 2.24) is 9.80 Å². The third-order valence-electron chi connectivity index (χ3n) is 4.21. The van der Waals surface area contributed by atoms with Crippen LogP contribution in [-0.4, -0.2) is 55.0 Å². The van der Waals surface area contributed by atoms with E-state index in [0.717, 1.165) is 23.8 Å². The Labute approximate surface area is 120 Å². The van der Waals surface area contributed by atoms with E-state index in [2.05, 4.69) is 10.2 Å². The Morgan fingerprint density at radius 3 is 2.70 bits per heavy atom. The molecular weight excluding hydrogens is 250 g/mol. The Morgan fingerprint density at radius 1 is 1.25 bits per heavy atom. The van der Waals surface area contributed by atoms with Gasteiger partial charge in [0.05, 0.1) is 5.56 Å². The second kappa shape index (κ2) is 5.44. The lowest BCUT2D eigenvalue weighted by molar-refractivity contribution is 0.0828. The number of hydrogen-bond donors (Lipinski definition) is 1. The number of hydrogen-bond acceptors (Lipinski definition) is 3. The highest BCUT2D eigenvalue weighted by molar-refractivity contribution is 5.99. The summed E-state index contributed by atoms with van der Waals surface area (Å²) in [4.78, 5) is 16.4. The largest absolute Gasteiger partial charge is 0.380 e. The summed E-state index contributed by atoms with van der Waals surface area (Å²) in [5.41, 5.74) is 1.73. The van der Waals surface area contributed by atoms with Crippen LogP contribution in [0.5, 0.6) is 0 Å². The van der Waals surface area contributed by atoms with Gasteiger partial charge >= 0.3 is 0 Å². The molecule has 1 aromatic rings. The average molecular weight is 273 g/mol. The molecule has 3 rings (SSSR count). The van der Waals surface area contributed by atoms with Crippen LogP contribution in [0.2, 0.25) is 0 Å². The monoisotopic (exact) mass is 273 g/mol. The number of likely N-dealkylation sites (tertiary alicyclic amines) is 1. The zero-order chi connectivity index (χ0) is 14.1. The van der Waals surface area contributed by atoms with Crippen LogP contribution in [0.15, 0.2) is 24.3 Å². The van der Waals surface area contributed by atoms with E-state index < -0.39 is 0 Å². The lowest BCUT2D eigenvalue weighted by atomic mass is 10.1. The lowest BCUT2D eigenvalue weighted by Gasteiger charge is -2.19. The predicted molar refractivity (Wildman–Crippen MR) is 81.1 cm³/mol. The highest BCUT2D eigenvalue weighted by Gasteiger charge is 2.34. The molecule has 108 valence electrons. The van der Waals surface area contributed by atoms with E-state index in [-0.39, 0.29) is 5.91 Å². The quantitative estimate of drug-likeness (QED) is 0.912. The van der Waals surface area contributed by atoms with Gasteiger partial charge in [0, 0.05) is 45.0 Å². The van der Waals surface area contributed by atoms with Crippen LogP contribution in [0.1, 0.15) is 29.6 Å². The van der Waals surface area contributed by atoms with Gasteiger partial charge in [-0.3, -0.25) is 9.69 Å². The Kier molecular flexibility index (Phi) is 3.66. The van der Waals surface area contributed by atoms with Crippen LogP contribution in [0.4, 0.5) is 5.69 Å². The minimum atomic E-state index is 0.0603. The molecule has 2 aliphatic rings. The second-order valence-corrected chi connectivity index (χ2v) is 6.10. The fraction of sp³-hybridized carbons (Fsp3) is 0.562. The number of carbonyl (C=O) groups is 1. The molecule has 1 aliphatic heterocycles. The molecule has 1 heterocycles. The van der Waals surface area contributed by atoms with Gasteiger partial charge in [0.15, 0.2) is 0 Å². The van der Waals surface area contributed by atoms with Gasteiger partial charge in [-0.15, -0.1) is 0 Å². The van der Waals surface area contributed by atoms with Gasteiger partial charge in [-0.1, -0.05) is 12.1 Å². The van der Waals surface area contributed by atoms with Gasteiger partial charge in [-0.05, 0) is 31.4 Å². The molecule has 1 aromatic carbocycles. The maximum atomic E-state index is 12.2. The van der Waals surface area contributed by atoms with E-state index in [4.69, 9.17) is 0 Å². The summed E-state index contributed by atoms with van der Waals surface area (Å²) in [5, 5.41) is 3.57. The molecule has 1 saturated heterocycles. The lowest BCUT2D eigenvalue weighted by Crippen LogP contribution is -2.29. The first-order chi connectivity index (χ1) is 9.65. The minimum Gasteiger partial charge on any atom is -0.380 e. The van der Waals surface area contributed by atoms with Crippen molar-refractivity contribution in [1.29, 1.82) is 0 Å². The number of rotatable bonds is 4. The molecule has 0 bridgehead atoms. The molecular formula is C16H23N3O. The number of nitrogens with zero attached hydrogens (tertiary/aromatic N) is 2. The first-order valence-corrected chi connectivity index (χ1v) is 7.46. The average Bonchev–Trinajstić information content (AvgIpc) is 3.19. The SMILES string of the molecule is CN(C)C(=O)c1ccccc1NC1CCN(C2CC2)C1. The van der Waals surface area contributed by atoms with Gasteiger partial charge in [-0.25, -0.2) is 0 Å². The van der Waals surface area contributed by atoms with Crippen molar-refractivity contribution >= 4 is 11.6 Å². The molecule has 1 aliphatic carbocycles. The Hall–Kier alpha value is -1.55. The minimum absolute atomic E-state index is 0.0603. The third-order valence-corrected chi connectivity index (χ3v) is 4.21. The number of carbonyl (C=O) groups excluding carboxylic acids is 1. The van der Waals surface area contributed by atoms with Crippen LogP contribution < -0.4 is 5.32 Å². The summed E-state index contributed by atoms with van der Waals surface area (Å²) in [7, 11) is 3.59. The maximum Gasteiger partial charge on any atom is 0.255 e. The summed E-state index contributed by atoms with van der Waals surface area (Å²) in [6.07, 6.45) is 3.89. The number of benzene rings is 1. The summed E-state index contributed by atoms with van der Waals surface area (Å²) in [6, 6.07) is 9.12. The first kappa shape index (κ1) is 13.4. The molecule has 0 radical (unpaired) electrons. The van der Waals surface area contributed by atoms with Crippen molar-refractivity contribution in [3.63, 3.8) is 0 Å². The smallest absolute Gasteiger partial charge is 0.255 e. The topological polar surface area (TPSA) is 35.6 Å². The standard InChI is InChI=1S/C16H23N3O/c1-18(2)16(20)14-5-3-4-6-15(14)17-12-9-10-19(11-12)13-7-8-13/h3-6,12-13,17H,7-11H2,1-2H3. The van der Waals surface area contributed by atoms with E-state index in [0.29, 0.717) is 6.04 Å². The summed E-state index contributed by atoms with van der Waals surface area (Å²) >= 11 is 0. The number of nitrogens with one attached hydrogen (secondary N) is 1. The van der Waals surface area contributed by atoms with Crippen LogP contribution in [0, 0.1) is 0 Å². The first-order valence-electron chi connectivity index (χ1n) is 7.46. The molecule has 1 atom stereocenters. The van der Waals surface area contributed by atoms with Crippen LogP contribution >= 0.6 is 0 Å². The molecule has 1 saturated carbocycles. The van der Waals surface area contributed by atoms with Crippen molar-refractivity contribution in [2.75, 3.05) is 32.5 Å². The van der Waals surface area contributed by atoms with Gasteiger partial charge in [-0.2, -0.15) is 0 Å². The van der Waals surface area contributed by atoms with Crippen molar-refractivity contribution in [2.45, 2.75) is 31.3 Å². The van der Waals surface area contributed by atoms with Crippen LogP contribution in [0.3, 0.4) is 0 Å². The molecule has 2 fully saturated rings. The summed E-state index contributed by atoms with van der Waals surface area (Å²) in [5.74, 6) is 0.0603. The second-order valence-electron chi connectivity index (χ2n) is 6.10. The molecule has 4 heteroatoms. The van der Waals surface area contributed by atoms with Gasteiger partial charge in [0.2, 0.25) is 0 Å². The Bertz CT molecular complexity index is 496. The highest BCUT2D eigenvalue weighted by Crippen LogP contribution is 2.31. The third kappa shape index (κ3) is 2.80. The molecule has 4 nitrogen and oxygen atoms in total. The van der Waals surface area contributed by atoms with E-state index >= 15 is 0 Å². The van der Waals surface area contributed by atoms with Crippen LogP contribution in [-0.2, 0) is 0 Å². The van der Waals surface area contributed by atoms with Gasteiger partial charge in [0.1, 0.15) is 0 Å². The molecule has 0 aromatic heterocycles. The molecule has 20 heavy (non-hydrogen) atoms. The van der Waals surface area contributed by atoms with Crippen LogP contribution in [0.25, 0.3) is 0 Å². The maximum absolute atomic E-state index is 12.2. The predicted octanol–water partition coefficient (Wildman–Crippen LogP) is 2.04. The van der Waals surface area contributed by atoms with Crippen molar-refractivity contribution in [2.24, 2.45) is 0 Å². The van der Waals surface area contributed by atoms with E-state index in [1.807, 2.05) is 24.3 Å². The molecule has 1 N–H and O–H groups in total. The number of anilines is 1. The van der Waals surface area contributed by atoms with Crippen molar-refractivity contribution in [3.8, 4) is 0 Å². The van der Waals surface area contributed by atoms with Gasteiger partial charge < -0.3 is 10.2 Å². The van der Waals surface area contributed by atoms with E-state index in [9.17, 15) is 4.79 Å². The fourth-order valence-corrected chi connectivity index (χ4v) is 2.93. The zero-order valence-electron chi connectivity index (χ0n) is 12.3. The van der Waals surface area contributed by atoms with Crippen molar-refractivity contribution in [3.05, 3.63) is 29.8 Å². The van der Waals surface area contributed by atoms with E-state index in [1.165, 1.54) is 25.8 Å². The molecule has 1 amide bonds. The highest BCUT2D eigenvalue weighted by atomic mass is 16.2. The normalized spacial score (nSPS) is 22.8. The number of amides is 1. The molecule has 1 unspecified atom stereocenters.